The lowest BCUT2D eigenvalue weighted by Crippen LogP contribution is -1.80. The van der Waals surface area contributed by atoms with Gasteiger partial charge in [0.1, 0.15) is 5.82 Å². The van der Waals surface area contributed by atoms with Gasteiger partial charge >= 0.3 is 0 Å². The van der Waals surface area contributed by atoms with Gasteiger partial charge in [0.05, 0.1) is 16.6 Å². The average molecular weight is 229 g/mol. The fourth-order valence-electron chi connectivity index (χ4n) is 1.18. The fraction of sp³-hybridized carbons (Fsp3) is 0.125. The Labute approximate surface area is 76.9 Å². The molecular formula is C8H6BrFN2. The van der Waals surface area contributed by atoms with E-state index in [-0.39, 0.29) is 5.82 Å². The summed E-state index contributed by atoms with van der Waals surface area (Å²) in [6.07, 6.45) is 0. The lowest BCUT2D eigenvalue weighted by atomic mass is 10.2. The van der Waals surface area contributed by atoms with Crippen LogP contribution in [-0.4, -0.2) is 10.2 Å². The van der Waals surface area contributed by atoms with Gasteiger partial charge in [-0.3, -0.25) is 5.10 Å². The van der Waals surface area contributed by atoms with Gasteiger partial charge in [-0.05, 0) is 12.1 Å². The van der Waals surface area contributed by atoms with Gasteiger partial charge < -0.3 is 0 Å². The summed E-state index contributed by atoms with van der Waals surface area (Å²) in [6, 6.07) is 4.86. The summed E-state index contributed by atoms with van der Waals surface area (Å²) in [5.41, 5.74) is 1.45. The van der Waals surface area contributed by atoms with Gasteiger partial charge in [0.25, 0.3) is 0 Å². The molecule has 0 radical (unpaired) electrons. The van der Waals surface area contributed by atoms with E-state index >= 15 is 0 Å². The number of aromatic amines is 1. The number of fused-ring (bicyclic) bond motifs is 1. The number of halogens is 2. The Morgan fingerprint density at radius 2 is 2.33 bits per heavy atom. The zero-order chi connectivity index (χ0) is 8.55. The Balaban J connectivity index is 2.83. The van der Waals surface area contributed by atoms with Crippen molar-refractivity contribution in [3.63, 3.8) is 0 Å². The molecule has 0 fully saturated rings. The van der Waals surface area contributed by atoms with Gasteiger partial charge in [-0.25, -0.2) is 4.39 Å². The van der Waals surface area contributed by atoms with E-state index in [1.54, 1.807) is 12.1 Å². The molecule has 0 saturated heterocycles. The van der Waals surface area contributed by atoms with Crippen molar-refractivity contribution in [3.05, 3.63) is 29.7 Å². The highest BCUT2D eigenvalue weighted by molar-refractivity contribution is 9.08. The van der Waals surface area contributed by atoms with Gasteiger partial charge in [0.2, 0.25) is 0 Å². The number of hydrogen-bond acceptors (Lipinski definition) is 1. The topological polar surface area (TPSA) is 28.7 Å². The molecule has 1 aromatic carbocycles. The van der Waals surface area contributed by atoms with Crippen LogP contribution in [-0.2, 0) is 5.33 Å². The minimum absolute atomic E-state index is 0.226. The predicted molar refractivity (Wildman–Crippen MR) is 48.7 cm³/mol. The van der Waals surface area contributed by atoms with Crippen LogP contribution in [0, 0.1) is 5.82 Å². The van der Waals surface area contributed by atoms with E-state index in [4.69, 9.17) is 0 Å². The molecule has 2 nitrogen and oxygen atoms in total. The molecule has 0 aliphatic heterocycles. The molecule has 2 aromatic rings. The van der Waals surface area contributed by atoms with Crippen LogP contribution in [0.25, 0.3) is 10.9 Å². The number of rotatable bonds is 1. The van der Waals surface area contributed by atoms with Crippen LogP contribution in [0.5, 0.6) is 0 Å². The van der Waals surface area contributed by atoms with E-state index in [2.05, 4.69) is 26.1 Å². The van der Waals surface area contributed by atoms with Crippen molar-refractivity contribution in [1.29, 1.82) is 0 Å². The van der Waals surface area contributed by atoms with Crippen LogP contribution >= 0.6 is 15.9 Å². The molecule has 0 saturated carbocycles. The number of benzene rings is 1. The number of H-pyrrole nitrogens is 1. The van der Waals surface area contributed by atoms with E-state index in [1.165, 1.54) is 6.07 Å². The Hall–Kier alpha value is -0.900. The summed E-state index contributed by atoms with van der Waals surface area (Å²) in [7, 11) is 0. The molecule has 0 aliphatic carbocycles. The molecule has 4 heteroatoms. The Kier molecular flexibility index (Phi) is 1.84. The molecule has 0 bridgehead atoms. The normalized spacial score (nSPS) is 10.8. The van der Waals surface area contributed by atoms with E-state index in [0.717, 1.165) is 5.69 Å². The first kappa shape index (κ1) is 7.73. The van der Waals surface area contributed by atoms with Crippen molar-refractivity contribution in [2.24, 2.45) is 0 Å². The van der Waals surface area contributed by atoms with Crippen LogP contribution in [0.15, 0.2) is 18.2 Å². The van der Waals surface area contributed by atoms with Gasteiger partial charge in [0, 0.05) is 5.33 Å². The molecular weight excluding hydrogens is 223 g/mol. The first-order valence-electron chi connectivity index (χ1n) is 3.50. The summed E-state index contributed by atoms with van der Waals surface area (Å²) in [6.45, 7) is 0. The second-order valence-electron chi connectivity index (χ2n) is 2.47. The lowest BCUT2D eigenvalue weighted by molar-refractivity contribution is 0.639. The summed E-state index contributed by atoms with van der Waals surface area (Å²) in [4.78, 5) is 0. The van der Waals surface area contributed by atoms with Crippen LogP contribution in [0.2, 0.25) is 0 Å². The number of alkyl halides is 1. The third-order valence-electron chi connectivity index (χ3n) is 1.74. The highest BCUT2D eigenvalue weighted by atomic mass is 79.9. The van der Waals surface area contributed by atoms with E-state index in [0.29, 0.717) is 16.2 Å². The van der Waals surface area contributed by atoms with Crippen molar-refractivity contribution < 1.29 is 4.39 Å². The minimum atomic E-state index is -0.226. The third-order valence-corrected chi connectivity index (χ3v) is 2.30. The number of nitrogens with zero attached hydrogens (tertiary/aromatic N) is 1. The Morgan fingerprint density at radius 1 is 1.50 bits per heavy atom. The van der Waals surface area contributed by atoms with Gasteiger partial charge in [-0.2, -0.15) is 5.10 Å². The van der Waals surface area contributed by atoms with Gasteiger partial charge in [0.15, 0.2) is 0 Å². The van der Waals surface area contributed by atoms with Crippen molar-refractivity contribution in [2.45, 2.75) is 5.33 Å². The maximum atomic E-state index is 13.2. The predicted octanol–water partition coefficient (Wildman–Crippen LogP) is 2.60. The smallest absolute Gasteiger partial charge is 0.134 e. The quantitative estimate of drug-likeness (QED) is 0.748. The summed E-state index contributed by atoms with van der Waals surface area (Å²) < 4.78 is 13.2. The molecule has 0 spiro atoms. The maximum Gasteiger partial charge on any atom is 0.134 e. The van der Waals surface area contributed by atoms with Crippen LogP contribution in [0.1, 0.15) is 5.69 Å². The van der Waals surface area contributed by atoms with Crippen molar-refractivity contribution in [2.75, 3.05) is 0 Å². The van der Waals surface area contributed by atoms with Crippen molar-refractivity contribution >= 4 is 26.8 Å². The summed E-state index contributed by atoms with van der Waals surface area (Å²) in [5.74, 6) is -0.226. The molecule has 1 aromatic heterocycles. The maximum absolute atomic E-state index is 13.2. The standard InChI is InChI=1S/C8H6BrFN2/c9-4-7-8-5(10)2-1-3-6(8)11-12-7/h1-3H,4H2,(H,11,12). The lowest BCUT2D eigenvalue weighted by Gasteiger charge is -1.92. The Bertz CT molecular complexity index is 410. The molecule has 1 heterocycles. The van der Waals surface area contributed by atoms with Crippen LogP contribution in [0.3, 0.4) is 0 Å². The second kappa shape index (κ2) is 2.86. The molecule has 0 atom stereocenters. The van der Waals surface area contributed by atoms with E-state index < -0.39 is 0 Å². The molecule has 2 rings (SSSR count). The minimum Gasteiger partial charge on any atom is -0.280 e. The van der Waals surface area contributed by atoms with Gasteiger partial charge in [-0.15, -0.1) is 0 Å². The highest BCUT2D eigenvalue weighted by Gasteiger charge is 2.07. The summed E-state index contributed by atoms with van der Waals surface area (Å²) in [5, 5.41) is 7.89. The number of aromatic nitrogens is 2. The van der Waals surface area contributed by atoms with E-state index in [9.17, 15) is 4.39 Å². The molecule has 62 valence electrons. The van der Waals surface area contributed by atoms with Gasteiger partial charge in [-0.1, -0.05) is 22.0 Å². The SMILES string of the molecule is Fc1cccc2n[nH]c(CBr)c12. The molecule has 0 aliphatic rings. The fourth-order valence-corrected chi connectivity index (χ4v) is 1.59. The van der Waals surface area contributed by atoms with Crippen LogP contribution < -0.4 is 0 Å². The number of nitrogens with one attached hydrogen (secondary N) is 1. The average Bonchev–Trinajstić information content (AvgIpc) is 2.49. The second-order valence-corrected chi connectivity index (χ2v) is 3.03. The van der Waals surface area contributed by atoms with Crippen molar-refractivity contribution in [3.8, 4) is 0 Å². The molecule has 1 N–H and O–H groups in total. The molecule has 0 amide bonds. The molecule has 12 heavy (non-hydrogen) atoms. The Morgan fingerprint density at radius 3 is 3.08 bits per heavy atom. The largest absolute Gasteiger partial charge is 0.280 e. The number of hydrogen-bond donors (Lipinski definition) is 1. The monoisotopic (exact) mass is 228 g/mol. The van der Waals surface area contributed by atoms with Crippen LogP contribution in [0.4, 0.5) is 4.39 Å². The first-order valence-corrected chi connectivity index (χ1v) is 4.62. The zero-order valence-corrected chi connectivity index (χ0v) is 7.73. The van der Waals surface area contributed by atoms with Crippen molar-refractivity contribution in [1.82, 2.24) is 10.2 Å². The highest BCUT2D eigenvalue weighted by Crippen LogP contribution is 2.20. The molecule has 0 unspecified atom stereocenters. The third kappa shape index (κ3) is 1.03. The summed E-state index contributed by atoms with van der Waals surface area (Å²) >= 11 is 3.25. The first-order chi connectivity index (χ1) is 5.83. The zero-order valence-electron chi connectivity index (χ0n) is 6.14. The van der Waals surface area contributed by atoms with E-state index in [1.807, 2.05) is 0 Å².